The normalized spacial score (nSPS) is 41.3. The molecule has 0 bridgehead atoms. The van der Waals surface area contributed by atoms with Gasteiger partial charge in [0, 0.05) is 25.7 Å². The summed E-state index contributed by atoms with van der Waals surface area (Å²) < 4.78 is 39.2. The number of ether oxygens (including phenoxy) is 6. The van der Waals surface area contributed by atoms with Crippen molar-refractivity contribution < 1.29 is 28.4 Å². The molecule has 6 heteroatoms. The van der Waals surface area contributed by atoms with Gasteiger partial charge < -0.3 is 28.4 Å². The van der Waals surface area contributed by atoms with Gasteiger partial charge in [0.1, 0.15) is 24.4 Å². The molecular weight excluding hydrogens is 384 g/mol. The van der Waals surface area contributed by atoms with Gasteiger partial charge in [-0.15, -0.1) is 0 Å². The summed E-state index contributed by atoms with van der Waals surface area (Å²) in [5, 5.41) is 0. The first kappa shape index (κ1) is 20.8. The van der Waals surface area contributed by atoms with Crippen LogP contribution in [0.5, 0.6) is 0 Å². The van der Waals surface area contributed by atoms with E-state index in [1.165, 1.54) is 12.8 Å². The van der Waals surface area contributed by atoms with Gasteiger partial charge in [0.25, 0.3) is 0 Å². The van der Waals surface area contributed by atoms with E-state index in [0.29, 0.717) is 11.5 Å². The van der Waals surface area contributed by atoms with Crippen molar-refractivity contribution in [2.75, 3.05) is 0 Å². The van der Waals surface area contributed by atoms with Crippen LogP contribution in [-0.4, -0.2) is 48.2 Å². The second-order valence-corrected chi connectivity index (χ2v) is 9.84. The molecule has 5 fully saturated rings. The minimum Gasteiger partial charge on any atom is -0.490 e. The fraction of sp³-hybridized carbons (Fsp3) is 0.833. The molecule has 6 nitrogen and oxygen atoms in total. The minimum atomic E-state index is -0.553. The number of fused-ring (bicyclic) bond motifs is 2. The van der Waals surface area contributed by atoms with Crippen LogP contribution >= 0.6 is 0 Å². The van der Waals surface area contributed by atoms with Crippen LogP contribution in [0.15, 0.2) is 24.7 Å². The minimum absolute atomic E-state index is 0.284. The highest BCUT2D eigenvalue weighted by Gasteiger charge is 2.67. The summed E-state index contributed by atoms with van der Waals surface area (Å²) in [4.78, 5) is 0. The molecule has 168 valence electrons. The van der Waals surface area contributed by atoms with Gasteiger partial charge in [-0.3, -0.25) is 0 Å². The van der Waals surface area contributed by atoms with Crippen LogP contribution in [-0.2, 0) is 28.4 Å². The fourth-order valence-corrected chi connectivity index (χ4v) is 6.09. The van der Waals surface area contributed by atoms with E-state index in [-0.39, 0.29) is 36.6 Å². The summed E-state index contributed by atoms with van der Waals surface area (Å²) in [5.74, 6) is 0.195. The van der Waals surface area contributed by atoms with Crippen molar-refractivity contribution >= 4 is 0 Å². The molecule has 5 aliphatic rings. The average Bonchev–Trinajstić information content (AvgIpc) is 3.24. The number of rotatable bonds is 4. The molecule has 6 atom stereocenters. The van der Waals surface area contributed by atoms with Crippen LogP contribution < -0.4 is 0 Å². The highest BCUT2D eigenvalue weighted by molar-refractivity contribution is 5.12. The lowest BCUT2D eigenvalue weighted by atomic mass is 9.84. The number of allylic oxidation sites excluding steroid dienone is 2. The molecule has 0 aromatic rings. The van der Waals surface area contributed by atoms with Gasteiger partial charge in [-0.05, 0) is 39.5 Å². The molecule has 0 aromatic carbocycles. The summed E-state index contributed by atoms with van der Waals surface area (Å²) in [5.41, 5.74) is 0. The summed E-state index contributed by atoms with van der Waals surface area (Å²) in [6.07, 6.45) is 8.71. The van der Waals surface area contributed by atoms with Gasteiger partial charge >= 0.3 is 0 Å². The van der Waals surface area contributed by atoms with E-state index in [4.69, 9.17) is 28.4 Å². The third-order valence-corrected chi connectivity index (χ3v) is 7.25. The highest BCUT2D eigenvalue weighted by atomic mass is 16.8. The molecule has 2 unspecified atom stereocenters. The molecule has 3 aliphatic carbocycles. The molecular formula is C24H36O6. The lowest BCUT2D eigenvalue weighted by Gasteiger charge is -2.42. The number of hydrogen-bond donors (Lipinski definition) is 0. The lowest BCUT2D eigenvalue weighted by molar-refractivity contribution is -0.225. The summed E-state index contributed by atoms with van der Waals surface area (Å²) in [7, 11) is 0. The Morgan fingerprint density at radius 2 is 0.900 bits per heavy atom. The van der Waals surface area contributed by atoms with Crippen molar-refractivity contribution in [3.8, 4) is 0 Å². The first-order valence-electron chi connectivity index (χ1n) is 11.8. The van der Waals surface area contributed by atoms with E-state index in [1.54, 1.807) is 0 Å². The quantitative estimate of drug-likeness (QED) is 0.613. The zero-order valence-corrected chi connectivity index (χ0v) is 18.4. The third-order valence-electron chi connectivity index (χ3n) is 7.25. The molecule has 0 amide bonds. The van der Waals surface area contributed by atoms with E-state index in [0.717, 1.165) is 51.4 Å². The first-order valence-corrected chi connectivity index (χ1v) is 11.8. The van der Waals surface area contributed by atoms with Crippen LogP contribution in [0, 0.1) is 0 Å². The van der Waals surface area contributed by atoms with Gasteiger partial charge in [0.05, 0.1) is 11.5 Å². The molecule has 0 aromatic heterocycles. The Labute approximate surface area is 179 Å². The summed E-state index contributed by atoms with van der Waals surface area (Å²) >= 11 is 0. The highest BCUT2D eigenvalue weighted by Crippen LogP contribution is 2.52. The molecule has 3 saturated carbocycles. The molecule has 2 spiro atoms. The van der Waals surface area contributed by atoms with Gasteiger partial charge in [-0.2, -0.15) is 0 Å². The second-order valence-electron chi connectivity index (χ2n) is 9.84. The fourth-order valence-electron chi connectivity index (χ4n) is 6.09. The van der Waals surface area contributed by atoms with Crippen LogP contribution in [0.1, 0.15) is 78.1 Å². The van der Waals surface area contributed by atoms with E-state index in [2.05, 4.69) is 13.2 Å². The first-order chi connectivity index (χ1) is 14.4. The number of hydrogen-bond acceptors (Lipinski definition) is 6. The Bertz CT molecular complexity index is 591. The van der Waals surface area contributed by atoms with Crippen LogP contribution in [0.2, 0.25) is 0 Å². The average molecular weight is 421 g/mol. The lowest BCUT2D eigenvalue weighted by Crippen LogP contribution is -2.62. The molecule has 2 saturated heterocycles. The Morgan fingerprint density at radius 3 is 1.17 bits per heavy atom. The molecule has 30 heavy (non-hydrogen) atoms. The van der Waals surface area contributed by atoms with E-state index in [9.17, 15) is 0 Å². The zero-order chi connectivity index (χ0) is 20.9. The maximum Gasteiger partial charge on any atom is 0.169 e. The maximum absolute atomic E-state index is 6.67. The van der Waals surface area contributed by atoms with Crippen LogP contribution in [0.25, 0.3) is 0 Å². The monoisotopic (exact) mass is 420 g/mol. The summed E-state index contributed by atoms with van der Waals surface area (Å²) in [6, 6.07) is 0. The van der Waals surface area contributed by atoms with Crippen LogP contribution in [0.3, 0.4) is 0 Å². The Balaban J connectivity index is 1.49. The van der Waals surface area contributed by atoms with E-state index in [1.807, 2.05) is 13.8 Å². The topological polar surface area (TPSA) is 55.4 Å². The predicted molar refractivity (Wildman–Crippen MR) is 110 cm³/mol. The molecule has 0 N–H and O–H groups in total. The van der Waals surface area contributed by atoms with Gasteiger partial charge in [-0.1, -0.05) is 26.0 Å². The molecule has 2 heterocycles. The second kappa shape index (κ2) is 7.80. The van der Waals surface area contributed by atoms with Crippen molar-refractivity contribution in [3.05, 3.63) is 24.7 Å². The van der Waals surface area contributed by atoms with E-state index < -0.39 is 11.6 Å². The standard InChI is InChI=1S/C24H36O6/c1-15(2)25-17-19-21(29-23(27-19)11-7-5-8-12-23)18(26-16(3)4)22-20(17)28-24(30-22)13-9-6-10-14-24/h17-22H,1,3,5-14H2,2,4H3/t17?,18?,19-,20-,21-,22+/m1/s1. The van der Waals surface area contributed by atoms with Gasteiger partial charge in [0.15, 0.2) is 23.8 Å². The molecule has 2 aliphatic heterocycles. The van der Waals surface area contributed by atoms with Crippen molar-refractivity contribution in [2.24, 2.45) is 0 Å². The van der Waals surface area contributed by atoms with Gasteiger partial charge in [-0.25, -0.2) is 0 Å². The SMILES string of the molecule is C=C(C)OC1[C@H]2OC3(CCCCC3)O[C@@H]2C(OC(=C)C)[C@@H]2OC3(CCCCC3)O[C@H]12. The predicted octanol–water partition coefficient (Wildman–Crippen LogP) is 4.73. The Kier molecular flexibility index (Phi) is 5.41. The van der Waals surface area contributed by atoms with Crippen molar-refractivity contribution in [1.29, 1.82) is 0 Å². The van der Waals surface area contributed by atoms with Crippen molar-refractivity contribution in [1.82, 2.24) is 0 Å². The zero-order valence-electron chi connectivity index (χ0n) is 18.4. The Hall–Kier alpha value is -1.08. The smallest absolute Gasteiger partial charge is 0.169 e. The van der Waals surface area contributed by atoms with Crippen molar-refractivity contribution in [3.63, 3.8) is 0 Å². The van der Waals surface area contributed by atoms with Crippen LogP contribution in [0.4, 0.5) is 0 Å². The maximum atomic E-state index is 6.67. The molecule has 5 rings (SSSR count). The van der Waals surface area contributed by atoms with Gasteiger partial charge in [0.2, 0.25) is 0 Å². The summed E-state index contributed by atoms with van der Waals surface area (Å²) in [6.45, 7) is 11.7. The largest absolute Gasteiger partial charge is 0.490 e. The van der Waals surface area contributed by atoms with Crippen molar-refractivity contribution in [2.45, 2.75) is 126 Å². The third kappa shape index (κ3) is 3.60. The Morgan fingerprint density at radius 1 is 0.600 bits per heavy atom. The van der Waals surface area contributed by atoms with E-state index >= 15 is 0 Å². The molecule has 0 radical (unpaired) electrons.